The molecule has 1 aromatic rings. The molecule has 1 saturated heterocycles. The number of rotatable bonds is 6. The minimum Gasteiger partial charge on any atom is -0.355 e. The Hall–Kier alpha value is -0.580. The largest absolute Gasteiger partial charge is 0.355 e. The Bertz CT molecular complexity index is 513. The molecule has 3 nitrogen and oxygen atoms in total. The second-order valence-corrected chi connectivity index (χ2v) is 8.35. The molecule has 0 aliphatic carbocycles. The molecule has 0 saturated carbocycles. The molecule has 1 heterocycles. The van der Waals surface area contributed by atoms with Crippen molar-refractivity contribution in [1.82, 2.24) is 10.6 Å². The number of carbonyl (C=O) groups is 1. The van der Waals surface area contributed by atoms with Crippen LogP contribution in [-0.4, -0.2) is 25.5 Å². The van der Waals surface area contributed by atoms with Crippen molar-refractivity contribution in [2.75, 3.05) is 19.6 Å². The fourth-order valence-electron chi connectivity index (χ4n) is 3.27. The van der Waals surface area contributed by atoms with Crippen molar-refractivity contribution in [3.05, 3.63) is 34.3 Å². The van der Waals surface area contributed by atoms with E-state index in [2.05, 4.69) is 71.6 Å². The zero-order chi connectivity index (χ0) is 16.9. The van der Waals surface area contributed by atoms with Gasteiger partial charge in [-0.2, -0.15) is 0 Å². The van der Waals surface area contributed by atoms with E-state index in [1.807, 2.05) is 0 Å². The number of hydrogen-bond acceptors (Lipinski definition) is 2. The highest BCUT2D eigenvalue weighted by atomic mass is 79.9. The van der Waals surface area contributed by atoms with Crippen LogP contribution in [0.3, 0.4) is 0 Å². The van der Waals surface area contributed by atoms with Crippen LogP contribution in [0.1, 0.15) is 45.6 Å². The number of piperidine rings is 1. The zero-order valence-corrected chi connectivity index (χ0v) is 17.3. The third-order valence-corrected chi connectivity index (χ3v) is 5.58. The van der Waals surface area contributed by atoms with Crippen LogP contribution in [0.5, 0.6) is 0 Å². The third kappa shape index (κ3) is 6.38. The molecular formula is C19H30BrClN2O. The van der Waals surface area contributed by atoms with Crippen molar-refractivity contribution in [2.24, 2.45) is 11.8 Å². The van der Waals surface area contributed by atoms with Gasteiger partial charge in [0.2, 0.25) is 5.91 Å². The van der Waals surface area contributed by atoms with E-state index >= 15 is 0 Å². The standard InChI is InChI=1S/C19H29BrN2O.ClH/c1-14(15-8-10-21-11-9-15)12-18(23)22-13-19(2,3)16-4-6-17(20)7-5-16;/h4-7,14-15,21H,8-13H2,1-3H3,(H,22,23);1H. The molecule has 1 amide bonds. The summed E-state index contributed by atoms with van der Waals surface area (Å²) in [4.78, 5) is 12.3. The maximum atomic E-state index is 12.3. The van der Waals surface area contributed by atoms with Gasteiger partial charge in [0.25, 0.3) is 0 Å². The van der Waals surface area contributed by atoms with Gasteiger partial charge >= 0.3 is 0 Å². The maximum Gasteiger partial charge on any atom is 0.220 e. The average Bonchev–Trinajstić information content (AvgIpc) is 2.54. The summed E-state index contributed by atoms with van der Waals surface area (Å²) < 4.78 is 1.08. The van der Waals surface area contributed by atoms with Crippen LogP contribution in [0.25, 0.3) is 0 Å². The smallest absolute Gasteiger partial charge is 0.220 e. The molecule has 5 heteroatoms. The number of halogens is 2. The summed E-state index contributed by atoms with van der Waals surface area (Å²) in [6.07, 6.45) is 3.03. The first-order valence-electron chi connectivity index (χ1n) is 8.62. The monoisotopic (exact) mass is 416 g/mol. The number of carbonyl (C=O) groups excluding carboxylic acids is 1. The van der Waals surface area contributed by atoms with Gasteiger partial charge in [-0.05, 0) is 55.5 Å². The predicted molar refractivity (Wildman–Crippen MR) is 107 cm³/mol. The molecule has 1 aliphatic heterocycles. The summed E-state index contributed by atoms with van der Waals surface area (Å²) >= 11 is 3.47. The Morgan fingerprint density at radius 1 is 1.29 bits per heavy atom. The molecule has 136 valence electrons. The highest BCUT2D eigenvalue weighted by Crippen LogP contribution is 2.26. The van der Waals surface area contributed by atoms with Crippen molar-refractivity contribution in [3.8, 4) is 0 Å². The molecule has 0 radical (unpaired) electrons. The van der Waals surface area contributed by atoms with Gasteiger partial charge in [0.1, 0.15) is 0 Å². The van der Waals surface area contributed by atoms with E-state index < -0.39 is 0 Å². The second kappa shape index (κ2) is 9.79. The maximum absolute atomic E-state index is 12.3. The lowest BCUT2D eigenvalue weighted by molar-refractivity contribution is -0.122. The molecular weight excluding hydrogens is 388 g/mol. The molecule has 2 N–H and O–H groups in total. The minimum absolute atomic E-state index is 0. The quantitative estimate of drug-likeness (QED) is 0.725. The van der Waals surface area contributed by atoms with E-state index in [0.717, 1.165) is 17.6 Å². The molecule has 0 bridgehead atoms. The third-order valence-electron chi connectivity index (χ3n) is 5.05. The summed E-state index contributed by atoms with van der Waals surface area (Å²) in [6, 6.07) is 8.35. The summed E-state index contributed by atoms with van der Waals surface area (Å²) in [7, 11) is 0. The summed E-state index contributed by atoms with van der Waals surface area (Å²) in [5, 5.41) is 6.53. The van der Waals surface area contributed by atoms with Crippen LogP contribution in [0.2, 0.25) is 0 Å². The Morgan fingerprint density at radius 3 is 2.46 bits per heavy atom. The van der Waals surface area contributed by atoms with E-state index in [9.17, 15) is 4.79 Å². The Morgan fingerprint density at radius 2 is 1.88 bits per heavy atom. The summed E-state index contributed by atoms with van der Waals surface area (Å²) in [5.74, 6) is 1.33. The van der Waals surface area contributed by atoms with E-state index in [1.165, 1.54) is 18.4 Å². The second-order valence-electron chi connectivity index (χ2n) is 7.44. The number of nitrogens with one attached hydrogen (secondary N) is 2. The van der Waals surface area contributed by atoms with E-state index in [4.69, 9.17) is 0 Å². The molecule has 1 fully saturated rings. The van der Waals surface area contributed by atoms with Gasteiger partial charge in [0.15, 0.2) is 0 Å². The van der Waals surface area contributed by atoms with Gasteiger partial charge in [-0.15, -0.1) is 12.4 Å². The Kier molecular flexibility index (Phi) is 8.75. The lowest BCUT2D eigenvalue weighted by Crippen LogP contribution is -2.38. The molecule has 1 atom stereocenters. The summed E-state index contributed by atoms with van der Waals surface area (Å²) in [5.41, 5.74) is 1.18. The molecule has 24 heavy (non-hydrogen) atoms. The van der Waals surface area contributed by atoms with Gasteiger partial charge < -0.3 is 10.6 Å². The van der Waals surface area contributed by atoms with Crippen LogP contribution < -0.4 is 10.6 Å². The normalized spacial score (nSPS) is 17.0. The lowest BCUT2D eigenvalue weighted by atomic mass is 9.83. The number of hydrogen-bond donors (Lipinski definition) is 2. The minimum atomic E-state index is -0.0612. The van der Waals surface area contributed by atoms with Crippen LogP contribution in [0.4, 0.5) is 0 Å². The lowest BCUT2D eigenvalue weighted by Gasteiger charge is -2.29. The number of amides is 1. The van der Waals surface area contributed by atoms with Crippen molar-refractivity contribution in [3.63, 3.8) is 0 Å². The molecule has 2 rings (SSSR count). The predicted octanol–water partition coefficient (Wildman–Crippen LogP) is 4.29. The van der Waals surface area contributed by atoms with Gasteiger partial charge in [-0.25, -0.2) is 0 Å². The van der Waals surface area contributed by atoms with Crippen molar-refractivity contribution in [1.29, 1.82) is 0 Å². The van der Waals surface area contributed by atoms with Crippen molar-refractivity contribution >= 4 is 34.2 Å². The molecule has 1 aliphatic rings. The average molecular weight is 418 g/mol. The molecule has 1 unspecified atom stereocenters. The highest BCUT2D eigenvalue weighted by molar-refractivity contribution is 9.10. The zero-order valence-electron chi connectivity index (χ0n) is 14.9. The molecule has 0 aromatic heterocycles. The fourth-order valence-corrected chi connectivity index (χ4v) is 3.53. The van der Waals surface area contributed by atoms with Gasteiger partial charge in [0.05, 0.1) is 0 Å². The van der Waals surface area contributed by atoms with E-state index in [0.29, 0.717) is 24.8 Å². The Labute approximate surface area is 160 Å². The first-order chi connectivity index (χ1) is 10.9. The van der Waals surface area contributed by atoms with Crippen LogP contribution in [0.15, 0.2) is 28.7 Å². The van der Waals surface area contributed by atoms with Crippen molar-refractivity contribution < 1.29 is 4.79 Å². The Balaban J connectivity index is 0.00000288. The van der Waals surface area contributed by atoms with Crippen LogP contribution in [0, 0.1) is 11.8 Å². The van der Waals surface area contributed by atoms with Crippen LogP contribution >= 0.6 is 28.3 Å². The highest BCUT2D eigenvalue weighted by Gasteiger charge is 2.24. The topological polar surface area (TPSA) is 41.1 Å². The first-order valence-corrected chi connectivity index (χ1v) is 9.41. The van der Waals surface area contributed by atoms with E-state index in [-0.39, 0.29) is 23.7 Å². The molecule has 0 spiro atoms. The van der Waals surface area contributed by atoms with Crippen LogP contribution in [-0.2, 0) is 10.2 Å². The van der Waals surface area contributed by atoms with E-state index in [1.54, 1.807) is 0 Å². The van der Waals surface area contributed by atoms with Crippen molar-refractivity contribution in [2.45, 2.75) is 45.4 Å². The summed E-state index contributed by atoms with van der Waals surface area (Å²) in [6.45, 7) is 9.42. The first kappa shape index (κ1) is 21.5. The SMILES string of the molecule is CC(CC(=O)NCC(C)(C)c1ccc(Br)cc1)C1CCNCC1.Cl. The molecule has 1 aromatic carbocycles. The van der Waals surface area contributed by atoms with Gasteiger partial charge in [-0.1, -0.05) is 48.8 Å². The van der Waals surface area contributed by atoms with Gasteiger partial charge in [-0.3, -0.25) is 4.79 Å². The number of benzene rings is 1. The van der Waals surface area contributed by atoms with Gasteiger partial charge in [0, 0.05) is 22.9 Å². The fraction of sp³-hybridized carbons (Fsp3) is 0.632.